The van der Waals surface area contributed by atoms with E-state index in [1.807, 2.05) is 43.3 Å². The van der Waals surface area contributed by atoms with Gasteiger partial charge < -0.3 is 4.84 Å². The number of carbonyl (C=O) groups excluding carboxylic acids is 3. The van der Waals surface area contributed by atoms with Gasteiger partial charge in [0, 0.05) is 39.5 Å². The van der Waals surface area contributed by atoms with Crippen LogP contribution in [0.3, 0.4) is 0 Å². The first-order valence-corrected chi connectivity index (χ1v) is 13.0. The van der Waals surface area contributed by atoms with Crippen molar-refractivity contribution < 1.29 is 24.1 Å². The van der Waals surface area contributed by atoms with Crippen LogP contribution in [-0.4, -0.2) is 28.2 Å². The van der Waals surface area contributed by atoms with Gasteiger partial charge in [0.05, 0.1) is 10.5 Å². The fourth-order valence-corrected chi connectivity index (χ4v) is 4.84. The molecular formula is C31H24N2O6S. The number of ketones is 2. The summed E-state index contributed by atoms with van der Waals surface area (Å²) in [4.78, 5) is 55.2. The van der Waals surface area contributed by atoms with Crippen molar-refractivity contribution in [2.45, 2.75) is 30.6 Å². The third kappa shape index (κ3) is 6.39. The van der Waals surface area contributed by atoms with Crippen molar-refractivity contribution >= 4 is 40.7 Å². The number of Topliss-reactive ketones (excluding diaryl/α,β-unsaturated/α-hetero) is 1. The minimum Gasteiger partial charge on any atom is -0.318 e. The Balaban J connectivity index is 1.55. The molecule has 0 aliphatic carbocycles. The van der Waals surface area contributed by atoms with Crippen LogP contribution in [0.25, 0.3) is 0 Å². The number of nitro benzene ring substituents is 1. The maximum absolute atomic E-state index is 13.4. The SMILES string of the molecule is CC(=O)O/N=C(\C(=O)c1ccc(Sc2ccc(C(=O)c3ccccc3C)cc2)cc1)c1c(C)cccc1[N+](=O)[O-]. The zero-order valence-electron chi connectivity index (χ0n) is 21.9. The molecule has 0 atom stereocenters. The Hall–Kier alpha value is -4.89. The van der Waals surface area contributed by atoms with Crippen LogP contribution in [-0.2, 0) is 9.63 Å². The van der Waals surface area contributed by atoms with E-state index in [-0.39, 0.29) is 28.3 Å². The lowest BCUT2D eigenvalue weighted by atomic mass is 9.96. The first-order chi connectivity index (χ1) is 19.2. The average Bonchev–Trinajstić information content (AvgIpc) is 2.94. The number of oxime groups is 1. The number of nitro groups is 1. The molecule has 4 aromatic rings. The Bertz CT molecular complexity index is 1640. The molecule has 4 rings (SSSR count). The van der Waals surface area contributed by atoms with Crippen molar-refractivity contribution in [1.29, 1.82) is 0 Å². The zero-order valence-corrected chi connectivity index (χ0v) is 22.7. The Labute approximate surface area is 234 Å². The fraction of sp³-hybridized carbons (Fsp3) is 0.0968. The summed E-state index contributed by atoms with van der Waals surface area (Å²) < 4.78 is 0. The predicted molar refractivity (Wildman–Crippen MR) is 152 cm³/mol. The molecule has 0 unspecified atom stereocenters. The Morgan fingerprint density at radius 1 is 0.775 bits per heavy atom. The molecule has 0 aliphatic heterocycles. The highest BCUT2D eigenvalue weighted by atomic mass is 32.2. The summed E-state index contributed by atoms with van der Waals surface area (Å²) in [6.45, 7) is 4.63. The number of rotatable bonds is 9. The summed E-state index contributed by atoms with van der Waals surface area (Å²) >= 11 is 1.44. The standard InChI is InChI=1S/C31H24N2O6S/c1-19-7-4-5-9-26(19)30(35)22-11-15-24(16-12-22)40-25-17-13-23(14-18-25)31(36)29(32-39-21(3)34)28-20(2)8-6-10-27(28)33(37)38/h4-18H,1-3H3/b32-29-. The van der Waals surface area contributed by atoms with E-state index in [1.54, 1.807) is 49.4 Å². The lowest BCUT2D eigenvalue weighted by molar-refractivity contribution is -0.385. The van der Waals surface area contributed by atoms with Crippen LogP contribution in [0.4, 0.5) is 5.69 Å². The second-order valence-electron chi connectivity index (χ2n) is 8.87. The Kier molecular flexibility index (Phi) is 8.66. The Morgan fingerprint density at radius 3 is 1.93 bits per heavy atom. The molecule has 0 bridgehead atoms. The van der Waals surface area contributed by atoms with Crippen LogP contribution in [0.1, 0.15) is 49.9 Å². The van der Waals surface area contributed by atoms with E-state index in [9.17, 15) is 24.5 Å². The third-order valence-corrected chi connectivity index (χ3v) is 7.04. The fourth-order valence-electron chi connectivity index (χ4n) is 4.03. The average molecular weight is 553 g/mol. The lowest BCUT2D eigenvalue weighted by Crippen LogP contribution is -2.20. The van der Waals surface area contributed by atoms with E-state index in [1.165, 1.54) is 23.9 Å². The molecule has 8 nitrogen and oxygen atoms in total. The summed E-state index contributed by atoms with van der Waals surface area (Å²) in [5, 5.41) is 15.3. The van der Waals surface area contributed by atoms with Gasteiger partial charge in [-0.3, -0.25) is 19.7 Å². The van der Waals surface area contributed by atoms with E-state index >= 15 is 0 Å². The molecule has 0 radical (unpaired) electrons. The third-order valence-electron chi connectivity index (χ3n) is 6.02. The van der Waals surface area contributed by atoms with Crippen LogP contribution in [0.15, 0.2) is 106 Å². The molecule has 200 valence electrons. The van der Waals surface area contributed by atoms with Crippen LogP contribution >= 0.6 is 11.8 Å². The normalized spacial score (nSPS) is 11.1. The van der Waals surface area contributed by atoms with Crippen molar-refractivity contribution in [2.75, 3.05) is 0 Å². The van der Waals surface area contributed by atoms with Crippen LogP contribution in [0.2, 0.25) is 0 Å². The molecule has 0 saturated heterocycles. The number of hydrogen-bond acceptors (Lipinski definition) is 8. The van der Waals surface area contributed by atoms with E-state index < -0.39 is 16.7 Å². The molecule has 0 spiro atoms. The van der Waals surface area contributed by atoms with Gasteiger partial charge in [0.25, 0.3) is 5.69 Å². The highest BCUT2D eigenvalue weighted by Crippen LogP contribution is 2.30. The van der Waals surface area contributed by atoms with E-state index in [0.29, 0.717) is 16.7 Å². The minimum absolute atomic E-state index is 0.0162. The maximum Gasteiger partial charge on any atom is 0.332 e. The van der Waals surface area contributed by atoms with E-state index in [0.717, 1.165) is 22.3 Å². The number of hydrogen-bond donors (Lipinski definition) is 0. The van der Waals surface area contributed by atoms with E-state index in [4.69, 9.17) is 4.84 Å². The number of aryl methyl sites for hydroxylation is 2. The number of benzene rings is 4. The minimum atomic E-state index is -0.764. The highest BCUT2D eigenvalue weighted by Gasteiger charge is 2.27. The number of carbonyl (C=O) groups is 3. The Morgan fingerprint density at radius 2 is 1.35 bits per heavy atom. The van der Waals surface area contributed by atoms with Gasteiger partial charge >= 0.3 is 5.97 Å². The van der Waals surface area contributed by atoms with Gasteiger partial charge in [-0.25, -0.2) is 4.79 Å². The van der Waals surface area contributed by atoms with Crippen molar-refractivity contribution in [1.82, 2.24) is 0 Å². The lowest BCUT2D eigenvalue weighted by Gasteiger charge is -2.10. The van der Waals surface area contributed by atoms with Gasteiger partial charge in [0.2, 0.25) is 5.78 Å². The van der Waals surface area contributed by atoms with Gasteiger partial charge in [-0.2, -0.15) is 0 Å². The molecule has 40 heavy (non-hydrogen) atoms. The molecule has 0 saturated carbocycles. The molecule has 4 aromatic carbocycles. The number of nitrogens with zero attached hydrogens (tertiary/aromatic N) is 2. The van der Waals surface area contributed by atoms with Crippen molar-refractivity contribution in [3.63, 3.8) is 0 Å². The monoisotopic (exact) mass is 552 g/mol. The van der Waals surface area contributed by atoms with Crippen LogP contribution in [0.5, 0.6) is 0 Å². The molecule has 0 aliphatic rings. The van der Waals surface area contributed by atoms with Gasteiger partial charge in [0.15, 0.2) is 11.5 Å². The highest BCUT2D eigenvalue weighted by molar-refractivity contribution is 7.99. The van der Waals surface area contributed by atoms with Gasteiger partial charge in [-0.15, -0.1) is 0 Å². The van der Waals surface area contributed by atoms with Crippen molar-refractivity contribution in [2.24, 2.45) is 5.16 Å². The quantitative estimate of drug-likeness (QED) is 0.0742. The van der Waals surface area contributed by atoms with Crippen molar-refractivity contribution in [3.8, 4) is 0 Å². The second-order valence-corrected chi connectivity index (χ2v) is 10.0. The summed E-state index contributed by atoms with van der Waals surface area (Å²) in [5.74, 6) is -1.44. The van der Waals surface area contributed by atoms with E-state index in [2.05, 4.69) is 5.16 Å². The largest absolute Gasteiger partial charge is 0.332 e. The molecule has 0 heterocycles. The molecule has 9 heteroatoms. The topological polar surface area (TPSA) is 116 Å². The molecular weight excluding hydrogens is 528 g/mol. The summed E-state index contributed by atoms with van der Waals surface area (Å²) in [6, 6.07) is 25.7. The van der Waals surface area contributed by atoms with Gasteiger partial charge in [-0.05, 0) is 73.5 Å². The molecule has 0 amide bonds. The first kappa shape index (κ1) is 28.1. The summed E-state index contributed by atoms with van der Waals surface area (Å²) in [6.07, 6.45) is 0. The second kappa shape index (κ2) is 12.3. The molecule has 0 aromatic heterocycles. The maximum atomic E-state index is 13.4. The first-order valence-electron chi connectivity index (χ1n) is 12.2. The summed E-state index contributed by atoms with van der Waals surface area (Å²) in [7, 11) is 0. The van der Waals surface area contributed by atoms with Gasteiger partial charge in [-0.1, -0.05) is 53.3 Å². The summed E-state index contributed by atoms with van der Waals surface area (Å²) in [5.41, 5.74) is 2.14. The van der Waals surface area contributed by atoms with Crippen molar-refractivity contribution in [3.05, 3.63) is 134 Å². The molecule has 0 fully saturated rings. The van der Waals surface area contributed by atoms with Gasteiger partial charge in [0.1, 0.15) is 0 Å². The van der Waals surface area contributed by atoms with Crippen LogP contribution < -0.4 is 0 Å². The van der Waals surface area contributed by atoms with Crippen LogP contribution in [0, 0.1) is 24.0 Å². The molecule has 0 N–H and O–H groups in total. The predicted octanol–water partition coefficient (Wildman–Crippen LogP) is 6.74. The zero-order chi connectivity index (χ0) is 28.8. The smallest absolute Gasteiger partial charge is 0.318 e.